The molecule has 2 aromatic rings. The molecule has 0 fully saturated rings. The van der Waals surface area contributed by atoms with Crippen LogP contribution in [0.1, 0.15) is 31.3 Å². The number of rotatable bonds is 3. The zero-order valence-electron chi connectivity index (χ0n) is 11.2. The van der Waals surface area contributed by atoms with Crippen molar-refractivity contribution >= 4 is 17.3 Å². The molecule has 0 radical (unpaired) electrons. The molecule has 4 nitrogen and oxygen atoms in total. The molecule has 2 aromatic heterocycles. The number of pyridine rings is 1. The molecule has 0 unspecified atom stereocenters. The van der Waals surface area contributed by atoms with Crippen molar-refractivity contribution in [3.8, 4) is 10.6 Å². The third kappa shape index (κ3) is 3.17. The van der Waals surface area contributed by atoms with Gasteiger partial charge in [0.25, 0.3) is 0 Å². The lowest BCUT2D eigenvalue weighted by Crippen LogP contribution is -2.15. The van der Waals surface area contributed by atoms with E-state index < -0.39 is 5.97 Å². The summed E-state index contributed by atoms with van der Waals surface area (Å²) >= 11 is 1.45. The van der Waals surface area contributed by atoms with Crippen molar-refractivity contribution in [2.75, 3.05) is 0 Å². The second-order valence-electron chi connectivity index (χ2n) is 5.35. The number of aliphatic carboxylic acids is 1. The Hall–Kier alpha value is -1.75. The van der Waals surface area contributed by atoms with Gasteiger partial charge in [-0.05, 0) is 12.1 Å². The number of carbonyl (C=O) groups is 1. The highest BCUT2D eigenvalue weighted by molar-refractivity contribution is 7.15. The number of carboxylic acids is 1. The fraction of sp³-hybridized carbons (Fsp3) is 0.357. The van der Waals surface area contributed by atoms with E-state index in [4.69, 9.17) is 5.11 Å². The minimum Gasteiger partial charge on any atom is -0.481 e. The fourth-order valence-electron chi connectivity index (χ4n) is 1.81. The average molecular weight is 276 g/mol. The lowest BCUT2D eigenvalue weighted by molar-refractivity contribution is -0.136. The molecular formula is C14H16N2O2S. The van der Waals surface area contributed by atoms with Gasteiger partial charge in [-0.3, -0.25) is 9.78 Å². The van der Waals surface area contributed by atoms with E-state index >= 15 is 0 Å². The lowest BCUT2D eigenvalue weighted by atomic mass is 9.91. The van der Waals surface area contributed by atoms with Crippen LogP contribution in [0.2, 0.25) is 0 Å². The van der Waals surface area contributed by atoms with E-state index in [-0.39, 0.29) is 11.8 Å². The van der Waals surface area contributed by atoms with Crippen molar-refractivity contribution in [3.63, 3.8) is 0 Å². The monoisotopic (exact) mass is 276 g/mol. The van der Waals surface area contributed by atoms with E-state index in [0.717, 1.165) is 21.1 Å². The average Bonchev–Trinajstić information content (AvgIpc) is 2.73. The second kappa shape index (κ2) is 5.09. The Labute approximate surface area is 116 Å². The van der Waals surface area contributed by atoms with Gasteiger partial charge in [0.2, 0.25) is 0 Å². The van der Waals surface area contributed by atoms with Crippen molar-refractivity contribution in [2.45, 2.75) is 32.6 Å². The maximum absolute atomic E-state index is 11.0. The van der Waals surface area contributed by atoms with Gasteiger partial charge in [0.05, 0.1) is 12.1 Å². The zero-order valence-corrected chi connectivity index (χ0v) is 12.0. The van der Waals surface area contributed by atoms with Crippen LogP contribution in [0, 0.1) is 0 Å². The van der Waals surface area contributed by atoms with E-state index in [1.807, 2.05) is 32.9 Å². The van der Waals surface area contributed by atoms with Gasteiger partial charge in [-0.25, -0.2) is 4.98 Å². The molecule has 2 rings (SSSR count). The normalized spacial score (nSPS) is 11.5. The Bertz CT molecular complexity index is 585. The number of hydrogen-bond acceptors (Lipinski definition) is 4. The topological polar surface area (TPSA) is 63.1 Å². The van der Waals surface area contributed by atoms with Crippen molar-refractivity contribution < 1.29 is 9.90 Å². The maximum Gasteiger partial charge on any atom is 0.308 e. The SMILES string of the molecule is CC(C)(C)c1nc(-c2ccncc2)sc1CC(=O)O. The van der Waals surface area contributed by atoms with Gasteiger partial charge in [0, 0.05) is 28.2 Å². The molecule has 0 spiro atoms. The first-order valence-electron chi connectivity index (χ1n) is 6.00. The first kappa shape index (κ1) is 13.7. The van der Waals surface area contributed by atoms with Gasteiger partial charge >= 0.3 is 5.97 Å². The Kier molecular flexibility index (Phi) is 3.66. The molecule has 0 saturated heterocycles. The van der Waals surface area contributed by atoms with Crippen LogP contribution in [-0.2, 0) is 16.6 Å². The van der Waals surface area contributed by atoms with E-state index in [0.29, 0.717) is 0 Å². The summed E-state index contributed by atoms with van der Waals surface area (Å²) in [5.74, 6) is -0.824. The molecule has 0 atom stereocenters. The molecule has 1 N–H and O–H groups in total. The summed E-state index contributed by atoms with van der Waals surface area (Å²) in [6.07, 6.45) is 3.45. The molecule has 5 heteroatoms. The highest BCUT2D eigenvalue weighted by Crippen LogP contribution is 2.34. The van der Waals surface area contributed by atoms with Gasteiger partial charge < -0.3 is 5.11 Å². The minimum absolute atomic E-state index is 0.0232. The highest BCUT2D eigenvalue weighted by Gasteiger charge is 2.24. The summed E-state index contributed by atoms with van der Waals surface area (Å²) in [6, 6.07) is 3.77. The van der Waals surface area contributed by atoms with Crippen molar-refractivity contribution in [1.82, 2.24) is 9.97 Å². The van der Waals surface area contributed by atoms with Crippen LogP contribution in [0.15, 0.2) is 24.5 Å². The van der Waals surface area contributed by atoms with Crippen molar-refractivity contribution in [1.29, 1.82) is 0 Å². The van der Waals surface area contributed by atoms with Crippen LogP contribution in [-0.4, -0.2) is 21.0 Å². The zero-order chi connectivity index (χ0) is 14.0. The third-order valence-electron chi connectivity index (χ3n) is 2.65. The van der Waals surface area contributed by atoms with Crippen LogP contribution >= 0.6 is 11.3 Å². The van der Waals surface area contributed by atoms with Crippen LogP contribution in [0.5, 0.6) is 0 Å². The molecular weight excluding hydrogens is 260 g/mol. The van der Waals surface area contributed by atoms with Crippen molar-refractivity contribution in [2.24, 2.45) is 0 Å². The molecule has 0 aliphatic heterocycles. The summed E-state index contributed by atoms with van der Waals surface area (Å²) in [5, 5.41) is 9.86. The molecule has 0 amide bonds. The summed E-state index contributed by atoms with van der Waals surface area (Å²) in [5.41, 5.74) is 1.68. The first-order valence-corrected chi connectivity index (χ1v) is 6.82. The molecule has 0 aromatic carbocycles. The molecule has 0 aliphatic rings. The molecule has 19 heavy (non-hydrogen) atoms. The predicted octanol–water partition coefficient (Wildman–Crippen LogP) is 3.13. The smallest absolute Gasteiger partial charge is 0.308 e. The third-order valence-corrected chi connectivity index (χ3v) is 3.75. The fourth-order valence-corrected chi connectivity index (χ4v) is 3.08. The summed E-state index contributed by atoms with van der Waals surface area (Å²) in [4.78, 5) is 20.4. The Balaban J connectivity index is 2.49. The van der Waals surface area contributed by atoms with Crippen LogP contribution < -0.4 is 0 Å². The van der Waals surface area contributed by atoms with E-state index in [1.54, 1.807) is 12.4 Å². The number of thiazole rings is 1. The maximum atomic E-state index is 11.0. The van der Waals surface area contributed by atoms with Gasteiger partial charge in [0.1, 0.15) is 5.01 Å². The standard InChI is InChI=1S/C14H16N2O2S/c1-14(2,3)12-10(8-11(17)18)19-13(16-12)9-4-6-15-7-5-9/h4-7H,8H2,1-3H3,(H,17,18). The number of hydrogen-bond donors (Lipinski definition) is 1. The van der Waals surface area contributed by atoms with Gasteiger partial charge in [-0.15, -0.1) is 11.3 Å². The van der Waals surface area contributed by atoms with Crippen molar-refractivity contribution in [3.05, 3.63) is 35.1 Å². The molecule has 0 aliphatic carbocycles. The Morgan fingerprint density at radius 3 is 2.47 bits per heavy atom. The summed E-state index contributed by atoms with van der Waals surface area (Å²) in [7, 11) is 0. The second-order valence-corrected chi connectivity index (χ2v) is 6.43. The number of aromatic nitrogens is 2. The lowest BCUT2D eigenvalue weighted by Gasteiger charge is -2.16. The molecule has 2 heterocycles. The van der Waals surface area contributed by atoms with E-state index in [2.05, 4.69) is 9.97 Å². The van der Waals surface area contributed by atoms with Gasteiger partial charge in [-0.2, -0.15) is 0 Å². The predicted molar refractivity (Wildman–Crippen MR) is 75.4 cm³/mol. The minimum atomic E-state index is -0.824. The summed E-state index contributed by atoms with van der Waals surface area (Å²) < 4.78 is 0. The highest BCUT2D eigenvalue weighted by atomic mass is 32.1. The molecule has 100 valence electrons. The number of carboxylic acid groups (broad SMARTS) is 1. The quantitative estimate of drug-likeness (QED) is 0.935. The van der Waals surface area contributed by atoms with Crippen LogP contribution in [0.4, 0.5) is 0 Å². The molecule has 0 bridgehead atoms. The summed E-state index contributed by atoms with van der Waals surface area (Å²) in [6.45, 7) is 6.14. The Morgan fingerprint density at radius 1 is 1.32 bits per heavy atom. The largest absolute Gasteiger partial charge is 0.481 e. The van der Waals surface area contributed by atoms with Gasteiger partial charge in [-0.1, -0.05) is 20.8 Å². The van der Waals surface area contributed by atoms with E-state index in [9.17, 15) is 4.79 Å². The van der Waals surface area contributed by atoms with Crippen LogP contribution in [0.3, 0.4) is 0 Å². The number of nitrogens with zero attached hydrogens (tertiary/aromatic N) is 2. The Morgan fingerprint density at radius 2 is 1.95 bits per heavy atom. The molecule has 0 saturated carbocycles. The van der Waals surface area contributed by atoms with Gasteiger partial charge in [0.15, 0.2) is 0 Å². The first-order chi connectivity index (χ1) is 8.88. The van der Waals surface area contributed by atoms with Crippen LogP contribution in [0.25, 0.3) is 10.6 Å². The van der Waals surface area contributed by atoms with E-state index in [1.165, 1.54) is 11.3 Å².